The lowest BCUT2D eigenvalue weighted by Gasteiger charge is -2.11. The molecule has 110 valence electrons. The van der Waals surface area contributed by atoms with E-state index in [1.807, 2.05) is 18.2 Å². The Balaban J connectivity index is 1.97. The van der Waals surface area contributed by atoms with E-state index < -0.39 is 0 Å². The second-order valence-electron chi connectivity index (χ2n) is 4.27. The van der Waals surface area contributed by atoms with Gasteiger partial charge in [0.25, 0.3) is 5.91 Å². The Bertz CT molecular complexity index is 649. The van der Waals surface area contributed by atoms with Gasteiger partial charge in [0.15, 0.2) is 6.61 Å². The Morgan fingerprint density at radius 1 is 1.29 bits per heavy atom. The summed E-state index contributed by atoms with van der Waals surface area (Å²) < 4.78 is 6.38. The maximum absolute atomic E-state index is 11.9. The zero-order valence-electron chi connectivity index (χ0n) is 11.1. The van der Waals surface area contributed by atoms with Gasteiger partial charge in [0.2, 0.25) is 0 Å². The van der Waals surface area contributed by atoms with Crippen LogP contribution in [0.5, 0.6) is 5.75 Å². The number of anilines is 1. The maximum atomic E-state index is 11.9. The van der Waals surface area contributed by atoms with Crippen molar-refractivity contribution >= 4 is 39.1 Å². The van der Waals surface area contributed by atoms with Gasteiger partial charge in [-0.3, -0.25) is 4.79 Å². The maximum Gasteiger partial charge on any atom is 0.262 e. The molecular weight excluding hydrogens is 356 g/mol. The number of hydrogen-bond donors (Lipinski definition) is 2. The summed E-state index contributed by atoms with van der Waals surface area (Å²) in [6.45, 7) is 0.141. The first-order valence-electron chi connectivity index (χ1n) is 6.26. The fraction of sp³-hybridized carbons (Fsp3) is 0.133. The summed E-state index contributed by atoms with van der Waals surface area (Å²) in [6, 6.07) is 12.5. The molecule has 0 atom stereocenters. The molecule has 0 aliphatic heterocycles. The van der Waals surface area contributed by atoms with Gasteiger partial charge in [0.1, 0.15) is 5.75 Å². The number of amides is 1. The molecule has 2 rings (SSSR count). The van der Waals surface area contributed by atoms with E-state index in [2.05, 4.69) is 21.2 Å². The predicted octanol–water partition coefficient (Wildman–Crippen LogP) is 3.58. The summed E-state index contributed by atoms with van der Waals surface area (Å²) in [4.78, 5) is 11.9. The highest BCUT2D eigenvalue weighted by atomic mass is 79.9. The number of carbonyl (C=O) groups excluding carboxylic acids is 1. The number of ether oxygens (including phenoxy) is 1. The topological polar surface area (TPSA) is 64.3 Å². The van der Waals surface area contributed by atoms with E-state index in [0.29, 0.717) is 22.0 Å². The van der Waals surface area contributed by atoms with Crippen molar-refractivity contribution in [1.82, 2.24) is 0 Å². The molecule has 0 saturated heterocycles. The molecule has 0 aliphatic rings. The molecule has 0 spiro atoms. The third-order valence-corrected chi connectivity index (χ3v) is 3.59. The zero-order chi connectivity index (χ0) is 15.2. The van der Waals surface area contributed by atoms with Crippen LogP contribution < -0.4 is 15.8 Å². The quantitative estimate of drug-likeness (QED) is 0.846. The minimum absolute atomic E-state index is 0.111. The predicted molar refractivity (Wildman–Crippen MR) is 87.6 cm³/mol. The van der Waals surface area contributed by atoms with Gasteiger partial charge in [0.05, 0.1) is 0 Å². The van der Waals surface area contributed by atoms with Gasteiger partial charge in [-0.15, -0.1) is 0 Å². The van der Waals surface area contributed by atoms with Crippen LogP contribution >= 0.6 is 27.5 Å². The van der Waals surface area contributed by atoms with Crippen LogP contribution in [0, 0.1) is 0 Å². The number of carbonyl (C=O) groups is 1. The lowest BCUT2D eigenvalue weighted by molar-refractivity contribution is -0.118. The average Bonchev–Trinajstić information content (AvgIpc) is 2.45. The number of hydrogen-bond acceptors (Lipinski definition) is 3. The largest absolute Gasteiger partial charge is 0.483 e. The van der Waals surface area contributed by atoms with Crippen LogP contribution in [0.2, 0.25) is 5.02 Å². The minimum Gasteiger partial charge on any atom is -0.483 e. The summed E-state index contributed by atoms with van der Waals surface area (Å²) in [5.41, 5.74) is 7.01. The van der Waals surface area contributed by atoms with Crippen LogP contribution in [0.1, 0.15) is 5.56 Å². The summed E-state index contributed by atoms with van der Waals surface area (Å²) in [7, 11) is 0. The molecule has 6 heteroatoms. The lowest BCUT2D eigenvalue weighted by Crippen LogP contribution is -2.20. The highest BCUT2D eigenvalue weighted by Gasteiger charge is 2.09. The average molecular weight is 370 g/mol. The van der Waals surface area contributed by atoms with E-state index in [1.54, 1.807) is 24.3 Å². The Labute approximate surface area is 136 Å². The molecule has 0 saturated carbocycles. The van der Waals surface area contributed by atoms with Crippen molar-refractivity contribution in [3.8, 4) is 5.75 Å². The van der Waals surface area contributed by atoms with E-state index in [4.69, 9.17) is 22.1 Å². The SMILES string of the molecule is NCc1c(Cl)cccc1OCC(=O)Nc1cccc(Br)c1. The molecule has 1 amide bonds. The highest BCUT2D eigenvalue weighted by molar-refractivity contribution is 9.10. The molecule has 4 nitrogen and oxygen atoms in total. The molecule has 21 heavy (non-hydrogen) atoms. The van der Waals surface area contributed by atoms with Crippen molar-refractivity contribution in [2.24, 2.45) is 5.73 Å². The fourth-order valence-electron chi connectivity index (χ4n) is 1.78. The molecule has 0 aliphatic carbocycles. The van der Waals surface area contributed by atoms with Crippen LogP contribution in [-0.4, -0.2) is 12.5 Å². The Morgan fingerprint density at radius 3 is 2.76 bits per heavy atom. The van der Waals surface area contributed by atoms with Crippen molar-refractivity contribution in [1.29, 1.82) is 0 Å². The summed E-state index contributed by atoms with van der Waals surface area (Å²) >= 11 is 9.37. The monoisotopic (exact) mass is 368 g/mol. The van der Waals surface area contributed by atoms with Crippen molar-refractivity contribution in [2.75, 3.05) is 11.9 Å². The summed E-state index contributed by atoms with van der Waals surface area (Å²) in [5, 5.41) is 3.28. The first-order valence-corrected chi connectivity index (χ1v) is 7.43. The lowest BCUT2D eigenvalue weighted by atomic mass is 10.2. The van der Waals surface area contributed by atoms with Crippen LogP contribution in [0.3, 0.4) is 0 Å². The van der Waals surface area contributed by atoms with Crippen molar-refractivity contribution in [3.63, 3.8) is 0 Å². The van der Waals surface area contributed by atoms with Gasteiger partial charge in [-0.2, -0.15) is 0 Å². The number of nitrogens with two attached hydrogens (primary N) is 1. The van der Waals surface area contributed by atoms with Crippen LogP contribution in [0.4, 0.5) is 5.69 Å². The van der Waals surface area contributed by atoms with Gasteiger partial charge < -0.3 is 15.8 Å². The van der Waals surface area contributed by atoms with E-state index >= 15 is 0 Å². The molecule has 0 aromatic heterocycles. The van der Waals surface area contributed by atoms with Crippen molar-refractivity contribution < 1.29 is 9.53 Å². The fourth-order valence-corrected chi connectivity index (χ4v) is 2.42. The Morgan fingerprint density at radius 2 is 2.05 bits per heavy atom. The standard InChI is InChI=1S/C15H14BrClN2O2/c16-10-3-1-4-11(7-10)19-15(20)9-21-14-6-2-5-13(17)12(14)8-18/h1-7H,8-9,18H2,(H,19,20). The van der Waals surface area contributed by atoms with E-state index in [-0.39, 0.29) is 19.1 Å². The molecular formula is C15H14BrClN2O2. The smallest absolute Gasteiger partial charge is 0.262 e. The van der Waals surface area contributed by atoms with Gasteiger partial charge in [-0.25, -0.2) is 0 Å². The van der Waals surface area contributed by atoms with Crippen molar-refractivity contribution in [2.45, 2.75) is 6.54 Å². The first kappa shape index (κ1) is 15.8. The number of benzene rings is 2. The molecule has 0 fully saturated rings. The molecule has 3 N–H and O–H groups in total. The Hall–Kier alpha value is -1.56. The molecule has 2 aromatic rings. The molecule has 0 unspecified atom stereocenters. The normalized spacial score (nSPS) is 10.2. The van der Waals surface area contributed by atoms with Crippen LogP contribution in [0.15, 0.2) is 46.9 Å². The number of rotatable bonds is 5. The highest BCUT2D eigenvalue weighted by Crippen LogP contribution is 2.25. The Kier molecular flexibility index (Phi) is 5.61. The summed E-state index contributed by atoms with van der Waals surface area (Å²) in [5.74, 6) is 0.269. The second-order valence-corrected chi connectivity index (χ2v) is 5.59. The minimum atomic E-state index is -0.254. The van der Waals surface area contributed by atoms with Gasteiger partial charge in [-0.1, -0.05) is 39.7 Å². The third kappa shape index (κ3) is 4.46. The second kappa shape index (κ2) is 7.45. The van der Waals surface area contributed by atoms with Crippen LogP contribution in [-0.2, 0) is 11.3 Å². The molecule has 0 radical (unpaired) electrons. The van der Waals surface area contributed by atoms with Gasteiger partial charge >= 0.3 is 0 Å². The van der Waals surface area contributed by atoms with Crippen molar-refractivity contribution in [3.05, 3.63) is 57.5 Å². The van der Waals surface area contributed by atoms with E-state index in [1.165, 1.54) is 0 Å². The first-order chi connectivity index (χ1) is 10.1. The molecule has 0 heterocycles. The number of halogens is 2. The van der Waals surface area contributed by atoms with E-state index in [9.17, 15) is 4.79 Å². The molecule has 2 aromatic carbocycles. The molecule has 0 bridgehead atoms. The summed E-state index contributed by atoms with van der Waals surface area (Å²) in [6.07, 6.45) is 0. The zero-order valence-corrected chi connectivity index (χ0v) is 13.4. The van der Waals surface area contributed by atoms with Crippen LogP contribution in [0.25, 0.3) is 0 Å². The van der Waals surface area contributed by atoms with Gasteiger partial charge in [0, 0.05) is 27.3 Å². The van der Waals surface area contributed by atoms with Gasteiger partial charge in [-0.05, 0) is 30.3 Å². The third-order valence-electron chi connectivity index (χ3n) is 2.75. The van der Waals surface area contributed by atoms with E-state index in [0.717, 1.165) is 4.47 Å². The number of nitrogens with one attached hydrogen (secondary N) is 1.